The summed E-state index contributed by atoms with van der Waals surface area (Å²) in [5.41, 5.74) is 2.36. The van der Waals surface area contributed by atoms with Crippen LogP contribution in [0.1, 0.15) is 11.1 Å². The van der Waals surface area contributed by atoms with Gasteiger partial charge in [-0.2, -0.15) is 10.4 Å². The number of aromatic nitrogens is 2. The summed E-state index contributed by atoms with van der Waals surface area (Å²) >= 11 is 0. The van der Waals surface area contributed by atoms with Crippen LogP contribution in [0.15, 0.2) is 72.9 Å². The third kappa shape index (κ3) is 3.76. The van der Waals surface area contributed by atoms with Crippen LogP contribution >= 0.6 is 0 Å². The number of anilines is 1. The van der Waals surface area contributed by atoms with Gasteiger partial charge >= 0.3 is 0 Å². The van der Waals surface area contributed by atoms with Crippen LogP contribution in [0, 0.1) is 11.3 Å². The van der Waals surface area contributed by atoms with Gasteiger partial charge in [0.05, 0.1) is 17.3 Å². The zero-order valence-corrected chi connectivity index (χ0v) is 12.8. The molecule has 0 radical (unpaired) electrons. The van der Waals surface area contributed by atoms with Crippen molar-refractivity contribution in [2.24, 2.45) is 0 Å². The van der Waals surface area contributed by atoms with Gasteiger partial charge in [-0.3, -0.25) is 4.79 Å². The van der Waals surface area contributed by atoms with Gasteiger partial charge in [-0.05, 0) is 35.9 Å². The van der Waals surface area contributed by atoms with Gasteiger partial charge in [0.15, 0.2) is 5.82 Å². The molecule has 0 spiro atoms. The van der Waals surface area contributed by atoms with E-state index in [9.17, 15) is 4.79 Å². The molecular formula is C19H14N4O. The number of benzene rings is 2. The molecule has 3 rings (SSSR count). The van der Waals surface area contributed by atoms with Crippen LogP contribution in [0.4, 0.5) is 5.82 Å². The molecule has 1 amide bonds. The lowest BCUT2D eigenvalue weighted by molar-refractivity contribution is -0.111. The Hall–Kier alpha value is -3.65. The monoisotopic (exact) mass is 314 g/mol. The number of rotatable bonds is 4. The number of amides is 1. The van der Waals surface area contributed by atoms with Gasteiger partial charge in [0.25, 0.3) is 0 Å². The molecule has 2 aromatic carbocycles. The minimum Gasteiger partial charge on any atom is -0.306 e. The molecule has 1 N–H and O–H groups in total. The van der Waals surface area contributed by atoms with Crippen molar-refractivity contribution in [3.63, 3.8) is 0 Å². The summed E-state index contributed by atoms with van der Waals surface area (Å²) in [6, 6.07) is 20.4. The van der Waals surface area contributed by atoms with E-state index < -0.39 is 0 Å². The van der Waals surface area contributed by atoms with Crippen molar-refractivity contribution in [1.29, 1.82) is 5.26 Å². The van der Waals surface area contributed by atoms with E-state index in [-0.39, 0.29) is 5.91 Å². The number of carbonyl (C=O) groups is 1. The summed E-state index contributed by atoms with van der Waals surface area (Å²) < 4.78 is 1.64. The van der Waals surface area contributed by atoms with Gasteiger partial charge in [0, 0.05) is 18.3 Å². The largest absolute Gasteiger partial charge is 0.306 e. The zero-order chi connectivity index (χ0) is 16.8. The van der Waals surface area contributed by atoms with Crippen LogP contribution in [-0.4, -0.2) is 15.7 Å². The Kier molecular flexibility index (Phi) is 4.50. The summed E-state index contributed by atoms with van der Waals surface area (Å²) in [7, 11) is 0. The number of hydrogen-bond donors (Lipinski definition) is 1. The lowest BCUT2D eigenvalue weighted by Crippen LogP contribution is -2.08. The highest BCUT2D eigenvalue weighted by molar-refractivity contribution is 6.01. The Bertz CT molecular complexity index is 903. The van der Waals surface area contributed by atoms with E-state index in [4.69, 9.17) is 5.26 Å². The molecule has 5 nitrogen and oxygen atoms in total. The van der Waals surface area contributed by atoms with Crippen molar-refractivity contribution < 1.29 is 4.79 Å². The van der Waals surface area contributed by atoms with Gasteiger partial charge in [-0.1, -0.05) is 30.3 Å². The molecule has 0 aliphatic carbocycles. The van der Waals surface area contributed by atoms with E-state index in [1.165, 1.54) is 6.08 Å². The van der Waals surface area contributed by atoms with Gasteiger partial charge in [0.1, 0.15) is 0 Å². The predicted molar refractivity (Wildman–Crippen MR) is 92.4 cm³/mol. The molecule has 0 aliphatic rings. The first kappa shape index (κ1) is 15.3. The second kappa shape index (κ2) is 7.07. The van der Waals surface area contributed by atoms with Crippen LogP contribution in [-0.2, 0) is 4.79 Å². The molecule has 1 heterocycles. The normalized spacial score (nSPS) is 10.5. The minimum atomic E-state index is -0.246. The van der Waals surface area contributed by atoms with E-state index in [1.807, 2.05) is 30.3 Å². The van der Waals surface area contributed by atoms with Crippen molar-refractivity contribution in [2.75, 3.05) is 5.32 Å². The fourth-order valence-corrected chi connectivity index (χ4v) is 2.13. The summed E-state index contributed by atoms with van der Waals surface area (Å²) in [5.74, 6) is 0.214. The maximum Gasteiger partial charge on any atom is 0.249 e. The van der Waals surface area contributed by atoms with E-state index >= 15 is 0 Å². The molecule has 116 valence electrons. The fourth-order valence-electron chi connectivity index (χ4n) is 2.13. The number of nitrogens with one attached hydrogen (secondary N) is 1. The lowest BCUT2D eigenvalue weighted by Gasteiger charge is -2.01. The highest BCUT2D eigenvalue weighted by atomic mass is 16.1. The molecule has 1 aromatic heterocycles. The second-order valence-corrected chi connectivity index (χ2v) is 5.04. The van der Waals surface area contributed by atoms with Gasteiger partial charge in [0.2, 0.25) is 5.91 Å². The molecule has 5 heteroatoms. The molecule has 0 bridgehead atoms. The third-order valence-electron chi connectivity index (χ3n) is 3.33. The molecule has 0 atom stereocenters. The topological polar surface area (TPSA) is 70.7 Å². The first-order valence-corrected chi connectivity index (χ1v) is 7.35. The van der Waals surface area contributed by atoms with Crippen LogP contribution < -0.4 is 5.32 Å². The standard InChI is InChI=1S/C19H14N4O/c20-14-16-6-9-17(10-7-16)23-13-12-18(22-23)21-19(24)11-8-15-4-2-1-3-5-15/h1-13H,(H,21,22,24)/b11-8+. The number of nitrogens with zero attached hydrogens (tertiary/aromatic N) is 3. The summed E-state index contributed by atoms with van der Waals surface area (Å²) in [6.45, 7) is 0. The highest BCUT2D eigenvalue weighted by Gasteiger charge is 2.04. The van der Waals surface area contributed by atoms with E-state index in [1.54, 1.807) is 47.3 Å². The Morgan fingerprint density at radius 3 is 2.54 bits per heavy atom. The van der Waals surface area contributed by atoms with Crippen LogP contribution in [0.25, 0.3) is 11.8 Å². The Labute approximate surface area is 139 Å². The van der Waals surface area contributed by atoms with Crippen LogP contribution in [0.2, 0.25) is 0 Å². The van der Waals surface area contributed by atoms with Gasteiger partial charge < -0.3 is 5.32 Å². The van der Waals surface area contributed by atoms with Crippen molar-refractivity contribution in [3.05, 3.63) is 84.1 Å². The number of carbonyl (C=O) groups excluding carboxylic acids is 1. The molecule has 0 saturated heterocycles. The Balaban J connectivity index is 1.66. The first-order valence-electron chi connectivity index (χ1n) is 7.35. The van der Waals surface area contributed by atoms with E-state index in [0.29, 0.717) is 11.4 Å². The number of nitriles is 1. The maximum absolute atomic E-state index is 11.9. The Morgan fingerprint density at radius 1 is 1.08 bits per heavy atom. The summed E-state index contributed by atoms with van der Waals surface area (Å²) in [5, 5.41) is 15.8. The molecule has 0 saturated carbocycles. The average molecular weight is 314 g/mol. The number of hydrogen-bond acceptors (Lipinski definition) is 3. The average Bonchev–Trinajstić information content (AvgIpc) is 3.09. The highest BCUT2D eigenvalue weighted by Crippen LogP contribution is 2.11. The molecule has 0 aliphatic heterocycles. The smallest absolute Gasteiger partial charge is 0.249 e. The maximum atomic E-state index is 11.9. The summed E-state index contributed by atoms with van der Waals surface area (Å²) in [6.07, 6.45) is 4.96. The molecular weight excluding hydrogens is 300 g/mol. The molecule has 0 unspecified atom stereocenters. The van der Waals surface area contributed by atoms with Gasteiger partial charge in [-0.25, -0.2) is 4.68 Å². The molecule has 0 fully saturated rings. The SMILES string of the molecule is N#Cc1ccc(-n2ccc(NC(=O)/C=C/c3ccccc3)n2)cc1. The quantitative estimate of drug-likeness (QED) is 0.750. The Morgan fingerprint density at radius 2 is 1.83 bits per heavy atom. The van der Waals surface area contributed by atoms with Gasteiger partial charge in [-0.15, -0.1) is 0 Å². The third-order valence-corrected chi connectivity index (χ3v) is 3.33. The van der Waals surface area contributed by atoms with Crippen molar-refractivity contribution in [3.8, 4) is 11.8 Å². The second-order valence-electron chi connectivity index (χ2n) is 5.04. The predicted octanol–water partition coefficient (Wildman–Crippen LogP) is 3.40. The van der Waals surface area contributed by atoms with Crippen molar-refractivity contribution >= 4 is 17.8 Å². The zero-order valence-electron chi connectivity index (χ0n) is 12.8. The fraction of sp³-hybridized carbons (Fsp3) is 0. The van der Waals surface area contributed by atoms with Crippen molar-refractivity contribution in [1.82, 2.24) is 9.78 Å². The summed E-state index contributed by atoms with van der Waals surface area (Å²) in [4.78, 5) is 11.9. The molecule has 24 heavy (non-hydrogen) atoms. The van der Waals surface area contributed by atoms with E-state index in [0.717, 1.165) is 11.3 Å². The first-order chi connectivity index (χ1) is 11.7. The van der Waals surface area contributed by atoms with Crippen LogP contribution in [0.5, 0.6) is 0 Å². The van der Waals surface area contributed by atoms with E-state index in [2.05, 4.69) is 16.5 Å². The minimum absolute atomic E-state index is 0.246. The van der Waals surface area contributed by atoms with Crippen LogP contribution in [0.3, 0.4) is 0 Å². The van der Waals surface area contributed by atoms with Crippen molar-refractivity contribution in [2.45, 2.75) is 0 Å². The lowest BCUT2D eigenvalue weighted by atomic mass is 10.2. The molecule has 3 aromatic rings.